The van der Waals surface area contributed by atoms with E-state index in [-0.39, 0.29) is 5.91 Å². The van der Waals surface area contributed by atoms with Gasteiger partial charge in [0.1, 0.15) is 6.04 Å². The van der Waals surface area contributed by atoms with E-state index in [1.54, 1.807) is 7.11 Å². The van der Waals surface area contributed by atoms with Crippen molar-refractivity contribution in [2.75, 3.05) is 20.3 Å². The summed E-state index contributed by atoms with van der Waals surface area (Å²) in [6.07, 6.45) is 13.3. The Morgan fingerprint density at radius 2 is 1.81 bits per heavy atom. The molecule has 2 fully saturated rings. The Morgan fingerprint density at radius 3 is 2.43 bits per heavy atom. The largest absolute Gasteiger partial charge is 0.383 e. The summed E-state index contributed by atoms with van der Waals surface area (Å²) in [7, 11) is 1.58. The number of methoxy groups -OCH3 is 1. The predicted octanol–water partition coefficient (Wildman–Crippen LogP) is 2.61. The quantitative estimate of drug-likeness (QED) is 0.792. The zero-order chi connectivity index (χ0) is 15.1. The number of hydrogen-bond acceptors (Lipinski definition) is 3. The van der Waals surface area contributed by atoms with Crippen molar-refractivity contribution in [1.82, 2.24) is 5.32 Å². The number of carbonyl (C=O) groups excluding carboxylic acids is 1. The molecular formula is C17H32N2O2. The van der Waals surface area contributed by atoms with E-state index < -0.39 is 6.04 Å². The molecule has 2 rings (SSSR count). The lowest BCUT2D eigenvalue weighted by molar-refractivity contribution is -0.124. The van der Waals surface area contributed by atoms with Crippen LogP contribution in [0.15, 0.2) is 0 Å². The van der Waals surface area contributed by atoms with Gasteiger partial charge in [-0.1, -0.05) is 38.5 Å². The van der Waals surface area contributed by atoms with Gasteiger partial charge in [-0.05, 0) is 37.0 Å². The van der Waals surface area contributed by atoms with Crippen LogP contribution in [0.1, 0.15) is 64.2 Å². The zero-order valence-corrected chi connectivity index (χ0v) is 13.5. The van der Waals surface area contributed by atoms with Gasteiger partial charge in [0.05, 0.1) is 6.61 Å². The zero-order valence-electron chi connectivity index (χ0n) is 13.5. The van der Waals surface area contributed by atoms with Crippen LogP contribution in [-0.4, -0.2) is 32.2 Å². The Labute approximate surface area is 129 Å². The molecule has 0 saturated heterocycles. The number of rotatable bonds is 6. The molecule has 1 amide bonds. The fourth-order valence-electron chi connectivity index (χ4n) is 4.35. The van der Waals surface area contributed by atoms with Crippen LogP contribution in [0.4, 0.5) is 0 Å². The van der Waals surface area contributed by atoms with Crippen molar-refractivity contribution in [3.8, 4) is 0 Å². The maximum Gasteiger partial charge on any atom is 0.239 e. The summed E-state index contributed by atoms with van der Waals surface area (Å²) < 4.78 is 4.97. The first-order chi connectivity index (χ1) is 10.2. The van der Waals surface area contributed by atoms with Crippen LogP contribution in [0.5, 0.6) is 0 Å². The van der Waals surface area contributed by atoms with Gasteiger partial charge >= 0.3 is 0 Å². The van der Waals surface area contributed by atoms with Gasteiger partial charge in [-0.25, -0.2) is 0 Å². The Balaban J connectivity index is 1.94. The number of nitrogens with two attached hydrogens (primary N) is 1. The Hall–Kier alpha value is -0.610. The molecule has 0 aromatic heterocycles. The Morgan fingerprint density at radius 1 is 1.19 bits per heavy atom. The van der Waals surface area contributed by atoms with Crippen LogP contribution < -0.4 is 11.1 Å². The summed E-state index contributed by atoms with van der Waals surface area (Å²) in [6, 6.07) is -0.540. The minimum Gasteiger partial charge on any atom is -0.383 e. The van der Waals surface area contributed by atoms with Crippen molar-refractivity contribution < 1.29 is 9.53 Å². The van der Waals surface area contributed by atoms with Crippen LogP contribution in [0, 0.1) is 11.3 Å². The third-order valence-electron chi connectivity index (χ3n) is 5.62. The van der Waals surface area contributed by atoms with E-state index in [0.29, 0.717) is 12.0 Å². The van der Waals surface area contributed by atoms with Crippen molar-refractivity contribution in [3.63, 3.8) is 0 Å². The Bertz CT molecular complexity index is 321. The van der Waals surface area contributed by atoms with E-state index in [0.717, 1.165) is 12.5 Å². The molecule has 2 aliphatic carbocycles. The van der Waals surface area contributed by atoms with Crippen LogP contribution in [0.3, 0.4) is 0 Å². The topological polar surface area (TPSA) is 64.3 Å². The van der Waals surface area contributed by atoms with Gasteiger partial charge in [0.25, 0.3) is 0 Å². The summed E-state index contributed by atoms with van der Waals surface area (Å²) >= 11 is 0. The smallest absolute Gasteiger partial charge is 0.239 e. The monoisotopic (exact) mass is 296 g/mol. The van der Waals surface area contributed by atoms with E-state index >= 15 is 0 Å². The molecule has 0 aliphatic heterocycles. The average molecular weight is 296 g/mol. The fourth-order valence-corrected chi connectivity index (χ4v) is 4.35. The molecule has 1 atom stereocenters. The highest BCUT2D eigenvalue weighted by Gasteiger charge is 2.40. The molecule has 0 aromatic carbocycles. The lowest BCUT2D eigenvalue weighted by atomic mass is 9.61. The predicted molar refractivity (Wildman–Crippen MR) is 85.0 cm³/mol. The summed E-state index contributed by atoms with van der Waals surface area (Å²) in [4.78, 5) is 12.1. The normalized spacial score (nSPS) is 24.5. The minimum atomic E-state index is -0.540. The van der Waals surface area contributed by atoms with Gasteiger partial charge in [-0.2, -0.15) is 0 Å². The third kappa shape index (κ3) is 4.43. The second-order valence-corrected chi connectivity index (χ2v) is 7.04. The van der Waals surface area contributed by atoms with Crippen LogP contribution in [0.25, 0.3) is 0 Å². The van der Waals surface area contributed by atoms with E-state index in [2.05, 4.69) is 5.32 Å². The molecule has 0 bridgehead atoms. The summed E-state index contributed by atoms with van der Waals surface area (Å²) in [6.45, 7) is 1.11. The maximum absolute atomic E-state index is 12.1. The summed E-state index contributed by atoms with van der Waals surface area (Å²) in [5.41, 5.74) is 6.16. The molecule has 4 nitrogen and oxygen atoms in total. The number of carbonyl (C=O) groups is 1. The lowest BCUT2D eigenvalue weighted by Crippen LogP contribution is -2.50. The van der Waals surface area contributed by atoms with Crippen LogP contribution in [-0.2, 0) is 9.53 Å². The van der Waals surface area contributed by atoms with Gasteiger partial charge < -0.3 is 15.8 Å². The molecule has 3 N–H and O–H groups in total. The van der Waals surface area contributed by atoms with Crippen molar-refractivity contribution >= 4 is 5.91 Å². The first kappa shape index (κ1) is 16.8. The first-order valence-electron chi connectivity index (χ1n) is 8.70. The van der Waals surface area contributed by atoms with Crippen molar-refractivity contribution in [1.29, 1.82) is 0 Å². The highest BCUT2D eigenvalue weighted by atomic mass is 16.5. The molecule has 0 heterocycles. The molecule has 21 heavy (non-hydrogen) atoms. The highest BCUT2D eigenvalue weighted by Crippen LogP contribution is 2.47. The first-order valence-corrected chi connectivity index (χ1v) is 8.70. The highest BCUT2D eigenvalue weighted by molar-refractivity contribution is 5.81. The van der Waals surface area contributed by atoms with Gasteiger partial charge in [-0.3, -0.25) is 4.79 Å². The second-order valence-electron chi connectivity index (χ2n) is 7.04. The van der Waals surface area contributed by atoms with Gasteiger partial charge in [0.15, 0.2) is 0 Å². The number of nitrogens with one attached hydrogen (secondary N) is 1. The van der Waals surface area contributed by atoms with Crippen molar-refractivity contribution in [2.24, 2.45) is 17.1 Å². The van der Waals surface area contributed by atoms with Gasteiger partial charge in [-0.15, -0.1) is 0 Å². The van der Waals surface area contributed by atoms with Crippen molar-refractivity contribution in [2.45, 2.75) is 70.3 Å². The van der Waals surface area contributed by atoms with Crippen LogP contribution >= 0.6 is 0 Å². The average Bonchev–Trinajstić information content (AvgIpc) is 2.54. The fraction of sp³-hybridized carbons (Fsp3) is 0.941. The molecule has 1 unspecified atom stereocenters. The van der Waals surface area contributed by atoms with Gasteiger partial charge in [0.2, 0.25) is 5.91 Å². The number of ether oxygens (including phenoxy) is 1. The minimum absolute atomic E-state index is 0.0578. The molecule has 0 spiro atoms. The molecule has 0 aromatic rings. The van der Waals surface area contributed by atoms with E-state index in [4.69, 9.17) is 10.5 Å². The Kier molecular flexibility index (Phi) is 6.49. The maximum atomic E-state index is 12.1. The SMILES string of the molecule is COCC(N)C(=O)NCC1(C2CCCCC2)CCCCC1. The number of amides is 1. The van der Waals surface area contributed by atoms with E-state index in [1.165, 1.54) is 64.2 Å². The summed E-state index contributed by atoms with van der Waals surface area (Å²) in [5, 5.41) is 3.13. The molecule has 0 radical (unpaired) electrons. The summed E-state index contributed by atoms with van der Waals surface area (Å²) in [5.74, 6) is 0.739. The van der Waals surface area contributed by atoms with E-state index in [1.807, 2.05) is 0 Å². The van der Waals surface area contributed by atoms with E-state index in [9.17, 15) is 4.79 Å². The molecule has 4 heteroatoms. The second kappa shape index (κ2) is 8.14. The van der Waals surface area contributed by atoms with Crippen molar-refractivity contribution in [3.05, 3.63) is 0 Å². The molecule has 2 saturated carbocycles. The van der Waals surface area contributed by atoms with Gasteiger partial charge in [0, 0.05) is 13.7 Å². The third-order valence-corrected chi connectivity index (χ3v) is 5.62. The number of hydrogen-bond donors (Lipinski definition) is 2. The molecular weight excluding hydrogens is 264 g/mol. The lowest BCUT2D eigenvalue weighted by Gasteiger charge is -2.45. The molecule has 2 aliphatic rings. The standard InChI is InChI=1S/C17H32N2O2/c1-21-12-15(18)16(20)19-13-17(10-6-3-7-11-17)14-8-4-2-5-9-14/h14-15H,2-13,18H2,1H3,(H,19,20). The molecule has 122 valence electrons. The van der Waals surface area contributed by atoms with Crippen LogP contribution in [0.2, 0.25) is 0 Å².